The maximum Gasteiger partial charge on any atom is 0.229 e. The summed E-state index contributed by atoms with van der Waals surface area (Å²) in [4.78, 5) is 27.9. The summed E-state index contributed by atoms with van der Waals surface area (Å²) in [6.07, 6.45) is 0.301. The van der Waals surface area contributed by atoms with Crippen molar-refractivity contribution in [2.75, 3.05) is 39.0 Å². The normalized spacial score (nSPS) is 18.4. The van der Waals surface area contributed by atoms with E-state index < -0.39 is 0 Å². The van der Waals surface area contributed by atoms with Crippen LogP contribution in [0.15, 0.2) is 28.7 Å². The number of rotatable bonds is 5. The first-order valence-corrected chi connectivity index (χ1v) is 7.74. The summed E-state index contributed by atoms with van der Waals surface area (Å²) >= 11 is 3.35. The van der Waals surface area contributed by atoms with Gasteiger partial charge in [0.2, 0.25) is 11.8 Å². The number of hydrogen-bond donors (Lipinski definition) is 1. The van der Waals surface area contributed by atoms with Crippen molar-refractivity contribution in [3.8, 4) is 0 Å². The Balaban J connectivity index is 1.89. The van der Waals surface area contributed by atoms with Crippen LogP contribution >= 0.6 is 15.9 Å². The second kappa shape index (κ2) is 7.04. The SMILES string of the molecule is CN(C)CCN1CC(C(=O)Nc2ccc(Br)cc2)CC1=O. The number of likely N-dealkylation sites (tertiary alicyclic amines) is 1. The molecule has 1 N–H and O–H groups in total. The van der Waals surface area contributed by atoms with E-state index >= 15 is 0 Å². The van der Waals surface area contributed by atoms with E-state index in [-0.39, 0.29) is 17.7 Å². The van der Waals surface area contributed by atoms with Crippen molar-refractivity contribution >= 4 is 33.4 Å². The Morgan fingerprint density at radius 3 is 2.67 bits per heavy atom. The number of hydrogen-bond acceptors (Lipinski definition) is 3. The zero-order valence-electron chi connectivity index (χ0n) is 12.3. The number of likely N-dealkylation sites (N-methyl/N-ethyl adjacent to an activating group) is 1. The van der Waals surface area contributed by atoms with Crippen molar-refractivity contribution in [2.24, 2.45) is 5.92 Å². The van der Waals surface area contributed by atoms with Gasteiger partial charge in [-0.25, -0.2) is 0 Å². The Labute approximate surface area is 133 Å². The number of anilines is 1. The summed E-state index contributed by atoms with van der Waals surface area (Å²) in [5.74, 6) is -0.283. The summed E-state index contributed by atoms with van der Waals surface area (Å²) in [6, 6.07) is 7.42. The molecule has 1 aliphatic heterocycles. The number of nitrogens with zero attached hydrogens (tertiary/aromatic N) is 2. The van der Waals surface area contributed by atoms with Gasteiger partial charge in [-0.1, -0.05) is 15.9 Å². The lowest BCUT2D eigenvalue weighted by Gasteiger charge is -2.19. The molecule has 1 aliphatic rings. The number of halogens is 1. The molecule has 1 saturated heterocycles. The standard InChI is InChI=1S/C15H20BrN3O2/c1-18(2)7-8-19-10-11(9-14(19)20)15(21)17-13-5-3-12(16)4-6-13/h3-6,11H,7-10H2,1-2H3,(H,17,21). The molecule has 114 valence electrons. The molecule has 1 heterocycles. The number of carbonyl (C=O) groups is 2. The molecular formula is C15H20BrN3O2. The third-order valence-corrected chi connectivity index (χ3v) is 4.04. The lowest BCUT2D eigenvalue weighted by Crippen LogP contribution is -2.33. The summed E-state index contributed by atoms with van der Waals surface area (Å²) in [7, 11) is 3.94. The molecule has 1 aromatic carbocycles. The molecule has 1 unspecified atom stereocenters. The largest absolute Gasteiger partial charge is 0.341 e. The second-order valence-electron chi connectivity index (χ2n) is 5.54. The average molecular weight is 354 g/mol. The Bertz CT molecular complexity index is 516. The second-order valence-corrected chi connectivity index (χ2v) is 6.46. The van der Waals surface area contributed by atoms with E-state index in [1.165, 1.54) is 0 Å². The monoisotopic (exact) mass is 353 g/mol. The van der Waals surface area contributed by atoms with Gasteiger partial charge in [0.05, 0.1) is 5.92 Å². The van der Waals surface area contributed by atoms with Crippen molar-refractivity contribution in [3.63, 3.8) is 0 Å². The predicted molar refractivity (Wildman–Crippen MR) is 86.0 cm³/mol. The van der Waals surface area contributed by atoms with Crippen LogP contribution in [0.2, 0.25) is 0 Å². The van der Waals surface area contributed by atoms with E-state index in [9.17, 15) is 9.59 Å². The topological polar surface area (TPSA) is 52.6 Å². The zero-order chi connectivity index (χ0) is 15.4. The number of carbonyl (C=O) groups excluding carboxylic acids is 2. The molecule has 0 aliphatic carbocycles. The quantitative estimate of drug-likeness (QED) is 0.877. The molecule has 1 fully saturated rings. The maximum absolute atomic E-state index is 12.2. The molecule has 0 aromatic heterocycles. The van der Waals surface area contributed by atoms with Crippen LogP contribution in [0.5, 0.6) is 0 Å². The highest BCUT2D eigenvalue weighted by Gasteiger charge is 2.33. The average Bonchev–Trinajstić information content (AvgIpc) is 2.80. The highest BCUT2D eigenvalue weighted by Crippen LogP contribution is 2.20. The minimum absolute atomic E-state index is 0.0628. The van der Waals surface area contributed by atoms with Crippen LogP contribution in [0.1, 0.15) is 6.42 Å². The third-order valence-electron chi connectivity index (χ3n) is 3.51. The van der Waals surface area contributed by atoms with Crippen LogP contribution in [0.3, 0.4) is 0 Å². The van der Waals surface area contributed by atoms with Crippen molar-refractivity contribution in [1.82, 2.24) is 9.80 Å². The fourth-order valence-electron chi connectivity index (χ4n) is 2.26. The van der Waals surface area contributed by atoms with Gasteiger partial charge in [0.1, 0.15) is 0 Å². The predicted octanol–water partition coefficient (Wildman–Crippen LogP) is 1.80. The Kier molecular flexibility index (Phi) is 5.36. The first-order valence-electron chi connectivity index (χ1n) is 6.94. The fraction of sp³-hybridized carbons (Fsp3) is 0.467. The van der Waals surface area contributed by atoms with Gasteiger partial charge >= 0.3 is 0 Å². The van der Waals surface area contributed by atoms with E-state index in [4.69, 9.17) is 0 Å². The number of amides is 2. The smallest absolute Gasteiger partial charge is 0.229 e. The summed E-state index contributed by atoms with van der Waals surface area (Å²) in [5.41, 5.74) is 0.752. The van der Waals surface area contributed by atoms with Gasteiger partial charge in [0, 0.05) is 36.2 Å². The summed E-state index contributed by atoms with van der Waals surface area (Å²) in [6.45, 7) is 2.00. The molecule has 21 heavy (non-hydrogen) atoms. The Morgan fingerprint density at radius 1 is 1.38 bits per heavy atom. The van der Waals surface area contributed by atoms with Gasteiger partial charge in [0.25, 0.3) is 0 Å². The molecule has 5 nitrogen and oxygen atoms in total. The highest BCUT2D eigenvalue weighted by molar-refractivity contribution is 9.10. The minimum atomic E-state index is -0.261. The highest BCUT2D eigenvalue weighted by atomic mass is 79.9. The van der Waals surface area contributed by atoms with E-state index in [2.05, 4.69) is 21.2 Å². The van der Waals surface area contributed by atoms with Gasteiger partial charge < -0.3 is 15.1 Å². The molecule has 1 atom stereocenters. The molecule has 1 aromatic rings. The molecule has 2 amide bonds. The van der Waals surface area contributed by atoms with Crippen molar-refractivity contribution in [3.05, 3.63) is 28.7 Å². The van der Waals surface area contributed by atoms with E-state index in [0.717, 1.165) is 16.7 Å². The van der Waals surface area contributed by atoms with Gasteiger partial charge in [-0.05, 0) is 38.4 Å². The van der Waals surface area contributed by atoms with Crippen molar-refractivity contribution < 1.29 is 9.59 Å². The number of nitrogens with one attached hydrogen (secondary N) is 1. The van der Waals surface area contributed by atoms with Crippen molar-refractivity contribution in [1.29, 1.82) is 0 Å². The van der Waals surface area contributed by atoms with Crippen LogP contribution < -0.4 is 5.32 Å². The molecule has 6 heteroatoms. The number of benzene rings is 1. The Morgan fingerprint density at radius 2 is 2.05 bits per heavy atom. The van der Waals surface area contributed by atoms with Crippen LogP contribution in [0.4, 0.5) is 5.69 Å². The molecule has 0 saturated carbocycles. The van der Waals surface area contributed by atoms with E-state index in [1.54, 1.807) is 4.90 Å². The summed E-state index contributed by atoms with van der Waals surface area (Å²) < 4.78 is 0.964. The lowest BCUT2D eigenvalue weighted by atomic mass is 10.1. The molecule has 0 spiro atoms. The van der Waals surface area contributed by atoms with Gasteiger partial charge in [-0.15, -0.1) is 0 Å². The summed E-state index contributed by atoms with van der Waals surface area (Å²) in [5, 5.41) is 2.87. The fourth-order valence-corrected chi connectivity index (χ4v) is 2.53. The zero-order valence-corrected chi connectivity index (χ0v) is 13.9. The third kappa shape index (κ3) is 4.54. The molecule has 0 bridgehead atoms. The molecule has 0 radical (unpaired) electrons. The van der Waals surface area contributed by atoms with Gasteiger partial charge in [-0.2, -0.15) is 0 Å². The van der Waals surface area contributed by atoms with Crippen molar-refractivity contribution in [2.45, 2.75) is 6.42 Å². The van der Waals surface area contributed by atoms with Crippen LogP contribution in [0.25, 0.3) is 0 Å². The first kappa shape index (κ1) is 16.0. The van der Waals surface area contributed by atoms with Crippen LogP contribution in [-0.4, -0.2) is 55.3 Å². The molecular weight excluding hydrogens is 334 g/mol. The lowest BCUT2D eigenvalue weighted by molar-refractivity contribution is -0.128. The minimum Gasteiger partial charge on any atom is -0.341 e. The van der Waals surface area contributed by atoms with Crippen LogP contribution in [0, 0.1) is 5.92 Å². The Hall–Kier alpha value is -1.40. The van der Waals surface area contributed by atoms with Gasteiger partial charge in [-0.3, -0.25) is 9.59 Å². The van der Waals surface area contributed by atoms with E-state index in [0.29, 0.717) is 19.5 Å². The maximum atomic E-state index is 12.2. The molecule has 2 rings (SSSR count). The van der Waals surface area contributed by atoms with Crippen LogP contribution in [-0.2, 0) is 9.59 Å². The van der Waals surface area contributed by atoms with E-state index in [1.807, 2.05) is 43.3 Å². The first-order chi connectivity index (χ1) is 9.95. The van der Waals surface area contributed by atoms with Gasteiger partial charge in [0.15, 0.2) is 0 Å².